The summed E-state index contributed by atoms with van der Waals surface area (Å²) in [6.07, 6.45) is 4.21. The zero-order valence-electron chi connectivity index (χ0n) is 15.0. The molecule has 2 N–H and O–H groups in total. The van der Waals surface area contributed by atoms with Crippen LogP contribution in [-0.2, 0) is 9.59 Å². The Bertz CT molecular complexity index is 596. The first-order valence-electron chi connectivity index (χ1n) is 9.57. The standard InChI is InChI=1S/C20H30O4/c1-18-7-6-14-13(17(18)15(22)9-16(18)23)5-4-11-8-12(21)10-19(2,24)20(11,14)3/h11,13-15,17,22,24H,4-10H2,1-3H3/t11?,13-,14-,15?,17-,18-,19?,20+/m1/s1. The van der Waals surface area contributed by atoms with Gasteiger partial charge in [-0.25, -0.2) is 0 Å². The van der Waals surface area contributed by atoms with Crippen molar-refractivity contribution in [2.75, 3.05) is 0 Å². The molecule has 0 aliphatic heterocycles. The molecule has 4 heteroatoms. The highest BCUT2D eigenvalue weighted by Gasteiger charge is 2.66. The first kappa shape index (κ1) is 16.7. The lowest BCUT2D eigenvalue weighted by Crippen LogP contribution is -2.64. The Morgan fingerprint density at radius 2 is 1.75 bits per heavy atom. The molecule has 4 aliphatic rings. The van der Waals surface area contributed by atoms with Gasteiger partial charge in [-0.1, -0.05) is 13.8 Å². The number of hydrogen-bond donors (Lipinski definition) is 2. The normalized spacial score (nSPS) is 57.3. The molecule has 0 radical (unpaired) electrons. The SMILES string of the molecule is CC1(O)CC(=O)CC2CC[C@@H]3[C@@H](CC[C@]4(C)C(=O)CC(O)[C@@H]34)[C@]21C. The fourth-order valence-electron chi connectivity index (χ4n) is 7.34. The van der Waals surface area contributed by atoms with Gasteiger partial charge in [0.05, 0.1) is 11.7 Å². The topological polar surface area (TPSA) is 74.6 Å². The van der Waals surface area contributed by atoms with Crippen molar-refractivity contribution in [2.24, 2.45) is 34.5 Å². The van der Waals surface area contributed by atoms with E-state index in [1.165, 1.54) is 0 Å². The van der Waals surface area contributed by atoms with Gasteiger partial charge in [-0.05, 0) is 50.4 Å². The Kier molecular flexibility index (Phi) is 3.42. The summed E-state index contributed by atoms with van der Waals surface area (Å²) in [7, 11) is 0. The van der Waals surface area contributed by atoms with E-state index < -0.39 is 11.7 Å². The van der Waals surface area contributed by atoms with Gasteiger partial charge >= 0.3 is 0 Å². The third kappa shape index (κ3) is 1.87. The molecule has 24 heavy (non-hydrogen) atoms. The van der Waals surface area contributed by atoms with Gasteiger partial charge in [-0.2, -0.15) is 0 Å². The molecule has 134 valence electrons. The summed E-state index contributed by atoms with van der Waals surface area (Å²) in [4.78, 5) is 24.6. The predicted molar refractivity (Wildman–Crippen MR) is 89.1 cm³/mol. The molecular formula is C20H30O4. The maximum absolute atomic E-state index is 12.5. The second-order valence-electron chi connectivity index (χ2n) is 9.70. The summed E-state index contributed by atoms with van der Waals surface area (Å²) in [6, 6.07) is 0. The molecule has 0 heterocycles. The molecule has 0 bridgehead atoms. The highest BCUT2D eigenvalue weighted by atomic mass is 16.3. The first-order chi connectivity index (χ1) is 11.1. The smallest absolute Gasteiger partial charge is 0.141 e. The summed E-state index contributed by atoms with van der Waals surface area (Å²) < 4.78 is 0. The van der Waals surface area contributed by atoms with Gasteiger partial charge in [0, 0.05) is 36.0 Å². The van der Waals surface area contributed by atoms with Crippen LogP contribution < -0.4 is 0 Å². The second kappa shape index (κ2) is 4.91. The second-order valence-corrected chi connectivity index (χ2v) is 9.70. The average Bonchev–Trinajstić information content (AvgIpc) is 2.70. The summed E-state index contributed by atoms with van der Waals surface area (Å²) in [5.74, 6) is 1.22. The lowest BCUT2D eigenvalue weighted by molar-refractivity contribution is -0.209. The molecule has 0 aromatic rings. The molecule has 0 spiro atoms. The van der Waals surface area contributed by atoms with E-state index in [9.17, 15) is 19.8 Å². The number of fused-ring (bicyclic) bond motifs is 5. The first-order valence-corrected chi connectivity index (χ1v) is 9.57. The van der Waals surface area contributed by atoms with E-state index in [4.69, 9.17) is 0 Å². The van der Waals surface area contributed by atoms with Gasteiger partial charge in [0.25, 0.3) is 0 Å². The largest absolute Gasteiger partial charge is 0.392 e. The summed E-state index contributed by atoms with van der Waals surface area (Å²) >= 11 is 0. The van der Waals surface area contributed by atoms with Crippen molar-refractivity contribution < 1.29 is 19.8 Å². The van der Waals surface area contributed by atoms with Crippen LogP contribution in [0.25, 0.3) is 0 Å². The van der Waals surface area contributed by atoms with E-state index in [1.54, 1.807) is 0 Å². The van der Waals surface area contributed by atoms with Crippen LogP contribution in [0.1, 0.15) is 65.7 Å². The lowest BCUT2D eigenvalue weighted by atomic mass is 9.42. The van der Waals surface area contributed by atoms with Gasteiger partial charge in [0.2, 0.25) is 0 Å². The van der Waals surface area contributed by atoms with E-state index in [0.29, 0.717) is 12.8 Å². The molecule has 0 aromatic carbocycles. The predicted octanol–water partition coefficient (Wildman–Crippen LogP) is 2.50. The fourth-order valence-corrected chi connectivity index (χ4v) is 7.34. The number of hydrogen-bond acceptors (Lipinski definition) is 4. The van der Waals surface area contributed by atoms with Crippen LogP contribution in [-0.4, -0.2) is 33.5 Å². The maximum atomic E-state index is 12.5. The van der Waals surface area contributed by atoms with Crippen molar-refractivity contribution in [3.05, 3.63) is 0 Å². The van der Waals surface area contributed by atoms with Gasteiger partial charge in [-0.15, -0.1) is 0 Å². The number of carbonyl (C=O) groups excluding carboxylic acids is 2. The van der Waals surface area contributed by atoms with Crippen LogP contribution in [0.4, 0.5) is 0 Å². The molecule has 3 unspecified atom stereocenters. The zero-order valence-corrected chi connectivity index (χ0v) is 15.0. The van der Waals surface area contributed by atoms with Crippen LogP contribution in [0.5, 0.6) is 0 Å². The van der Waals surface area contributed by atoms with E-state index >= 15 is 0 Å². The van der Waals surface area contributed by atoms with Crippen molar-refractivity contribution in [1.82, 2.24) is 0 Å². The molecule has 4 rings (SSSR count). The Balaban J connectivity index is 1.75. The number of ketones is 2. The van der Waals surface area contributed by atoms with Crippen LogP contribution in [0.3, 0.4) is 0 Å². The highest BCUT2D eigenvalue weighted by molar-refractivity contribution is 5.88. The lowest BCUT2D eigenvalue weighted by Gasteiger charge is -2.63. The monoisotopic (exact) mass is 334 g/mol. The number of Topliss-reactive ketones (excluding diaryl/α,β-unsaturated/α-hetero) is 2. The fraction of sp³-hybridized carbons (Fsp3) is 0.900. The average molecular weight is 334 g/mol. The third-order valence-corrected chi connectivity index (χ3v) is 8.78. The Morgan fingerprint density at radius 3 is 2.46 bits per heavy atom. The van der Waals surface area contributed by atoms with Crippen molar-refractivity contribution in [3.63, 3.8) is 0 Å². The molecule has 4 fully saturated rings. The Hall–Kier alpha value is -0.740. The van der Waals surface area contributed by atoms with Crippen LogP contribution in [0.2, 0.25) is 0 Å². The number of carbonyl (C=O) groups is 2. The van der Waals surface area contributed by atoms with Crippen LogP contribution in [0, 0.1) is 34.5 Å². The van der Waals surface area contributed by atoms with E-state index in [-0.39, 0.29) is 52.5 Å². The number of rotatable bonds is 0. The van der Waals surface area contributed by atoms with E-state index in [1.807, 2.05) is 13.8 Å². The highest BCUT2D eigenvalue weighted by Crippen LogP contribution is 2.67. The molecular weight excluding hydrogens is 304 g/mol. The summed E-state index contributed by atoms with van der Waals surface area (Å²) in [6.45, 7) is 6.06. The number of aliphatic hydroxyl groups is 2. The van der Waals surface area contributed by atoms with E-state index in [0.717, 1.165) is 25.7 Å². The Labute approximate surface area is 144 Å². The quantitative estimate of drug-likeness (QED) is 0.714. The zero-order chi connectivity index (χ0) is 17.5. The molecule has 0 saturated heterocycles. The molecule has 0 amide bonds. The van der Waals surface area contributed by atoms with Crippen molar-refractivity contribution in [2.45, 2.75) is 77.4 Å². The van der Waals surface area contributed by atoms with E-state index in [2.05, 4.69) is 6.92 Å². The van der Waals surface area contributed by atoms with Gasteiger partial charge in [0.15, 0.2) is 0 Å². The molecule has 4 aliphatic carbocycles. The van der Waals surface area contributed by atoms with Gasteiger partial charge in [0.1, 0.15) is 11.6 Å². The molecule has 0 aromatic heterocycles. The van der Waals surface area contributed by atoms with Crippen molar-refractivity contribution >= 4 is 11.6 Å². The van der Waals surface area contributed by atoms with Crippen molar-refractivity contribution in [3.8, 4) is 0 Å². The molecule has 4 saturated carbocycles. The van der Waals surface area contributed by atoms with Crippen LogP contribution in [0.15, 0.2) is 0 Å². The maximum Gasteiger partial charge on any atom is 0.141 e. The van der Waals surface area contributed by atoms with Crippen molar-refractivity contribution in [1.29, 1.82) is 0 Å². The Morgan fingerprint density at radius 1 is 1.04 bits per heavy atom. The summed E-state index contributed by atoms with van der Waals surface area (Å²) in [5.41, 5.74) is -1.67. The number of aliphatic hydroxyl groups excluding tert-OH is 1. The minimum Gasteiger partial charge on any atom is -0.392 e. The molecule has 8 atom stereocenters. The van der Waals surface area contributed by atoms with Gasteiger partial charge < -0.3 is 10.2 Å². The van der Waals surface area contributed by atoms with Crippen LogP contribution >= 0.6 is 0 Å². The minimum absolute atomic E-state index is 0.0231. The third-order valence-electron chi connectivity index (χ3n) is 8.78. The molecule has 4 nitrogen and oxygen atoms in total. The minimum atomic E-state index is -0.988. The van der Waals surface area contributed by atoms with Gasteiger partial charge in [-0.3, -0.25) is 9.59 Å². The summed E-state index contributed by atoms with van der Waals surface area (Å²) in [5, 5.41) is 21.8.